The lowest BCUT2D eigenvalue weighted by molar-refractivity contribution is -0.134. The van der Waals surface area contributed by atoms with Gasteiger partial charge in [0.15, 0.2) is 0 Å². The van der Waals surface area contributed by atoms with Gasteiger partial charge in [-0.2, -0.15) is 0 Å². The molecule has 0 atom stereocenters. The molecular weight excluding hydrogens is 420 g/mol. The number of hydrogen-bond donors (Lipinski definition) is 0. The fourth-order valence-electron chi connectivity index (χ4n) is 6.41. The summed E-state index contributed by atoms with van der Waals surface area (Å²) in [6, 6.07) is 7.16. The Morgan fingerprint density at radius 3 is 2.41 bits per heavy atom. The molecule has 2 fully saturated rings. The summed E-state index contributed by atoms with van der Waals surface area (Å²) in [6.07, 6.45) is 13.1. The number of fused-ring (bicyclic) bond motifs is 1. The largest absolute Gasteiger partial charge is 0.340 e. The van der Waals surface area contributed by atoms with Crippen molar-refractivity contribution in [3.63, 3.8) is 0 Å². The predicted molar refractivity (Wildman–Crippen MR) is 141 cm³/mol. The Kier molecular flexibility index (Phi) is 8.68. The number of carbonyl (C=O) groups excluding carboxylic acids is 1. The normalized spacial score (nSPS) is 21.9. The van der Waals surface area contributed by atoms with Crippen molar-refractivity contribution in [1.29, 1.82) is 0 Å². The summed E-state index contributed by atoms with van der Waals surface area (Å²) in [5, 5.41) is 0. The van der Waals surface area contributed by atoms with E-state index in [9.17, 15) is 4.79 Å². The van der Waals surface area contributed by atoms with Crippen molar-refractivity contribution in [2.24, 2.45) is 5.92 Å². The van der Waals surface area contributed by atoms with Crippen LogP contribution < -0.4 is 0 Å². The molecule has 0 N–H and O–H groups in total. The van der Waals surface area contributed by atoms with E-state index in [-0.39, 0.29) is 0 Å². The Balaban J connectivity index is 1.58. The molecule has 1 amide bonds. The van der Waals surface area contributed by atoms with Crippen molar-refractivity contribution in [2.45, 2.75) is 110 Å². The number of aryl methyl sites for hydroxylation is 1. The van der Waals surface area contributed by atoms with Gasteiger partial charge < -0.3 is 14.4 Å². The van der Waals surface area contributed by atoms with Gasteiger partial charge in [0.25, 0.3) is 0 Å². The van der Waals surface area contributed by atoms with Crippen molar-refractivity contribution in [2.75, 3.05) is 20.6 Å². The van der Waals surface area contributed by atoms with Crippen LogP contribution in [0, 0.1) is 5.92 Å². The average Bonchev–Trinajstić information content (AvgIpc) is 3.21. The Morgan fingerprint density at radius 2 is 1.76 bits per heavy atom. The molecule has 4 rings (SSSR count). The third-order valence-electron chi connectivity index (χ3n) is 8.36. The van der Waals surface area contributed by atoms with Crippen LogP contribution in [-0.4, -0.2) is 51.9 Å². The number of aromatic nitrogens is 2. The smallest absolute Gasteiger partial charge is 0.224 e. The monoisotopic (exact) mass is 466 g/mol. The zero-order chi connectivity index (χ0) is 24.1. The lowest BCUT2D eigenvalue weighted by Gasteiger charge is -2.34. The van der Waals surface area contributed by atoms with E-state index in [1.165, 1.54) is 81.1 Å². The van der Waals surface area contributed by atoms with Gasteiger partial charge in [0.05, 0.1) is 11.0 Å². The molecule has 34 heavy (non-hydrogen) atoms. The van der Waals surface area contributed by atoms with Crippen LogP contribution >= 0.6 is 0 Å². The summed E-state index contributed by atoms with van der Waals surface area (Å²) in [6.45, 7) is 6.96. The second-order valence-corrected chi connectivity index (χ2v) is 11.0. The molecule has 0 spiro atoms. The van der Waals surface area contributed by atoms with Gasteiger partial charge in [-0.1, -0.05) is 38.7 Å². The minimum absolute atomic E-state index is 0.321. The summed E-state index contributed by atoms with van der Waals surface area (Å²) in [4.78, 5) is 22.9. The standard InChI is InChI=1S/C29H46N4O/c1-5-22-12-15-24(16-13-22)29-30-26-17-14-23(21-31(3)4)20-27(26)33(29)19-18-28(34)32(6-2)25-10-8-7-9-11-25/h14,17,20,22,24-25H,5-13,15-16,18-19,21H2,1-4H3. The summed E-state index contributed by atoms with van der Waals surface area (Å²) < 4.78 is 2.41. The quantitative estimate of drug-likeness (QED) is 0.432. The molecule has 2 saturated carbocycles. The van der Waals surface area contributed by atoms with Crippen LogP contribution in [0.15, 0.2) is 18.2 Å². The van der Waals surface area contributed by atoms with E-state index < -0.39 is 0 Å². The van der Waals surface area contributed by atoms with Crippen LogP contribution in [0.5, 0.6) is 0 Å². The van der Waals surface area contributed by atoms with Crippen molar-refractivity contribution >= 4 is 16.9 Å². The molecule has 0 saturated heterocycles. The number of imidazole rings is 1. The second kappa shape index (κ2) is 11.7. The Bertz CT molecular complexity index is 935. The predicted octanol–water partition coefficient (Wildman–Crippen LogP) is 6.35. The molecule has 5 heteroatoms. The van der Waals surface area contributed by atoms with E-state index in [4.69, 9.17) is 4.98 Å². The fraction of sp³-hybridized carbons (Fsp3) is 0.724. The maximum Gasteiger partial charge on any atom is 0.224 e. The van der Waals surface area contributed by atoms with Crippen LogP contribution in [0.2, 0.25) is 0 Å². The first-order valence-electron chi connectivity index (χ1n) is 13.9. The van der Waals surface area contributed by atoms with Crippen LogP contribution in [-0.2, 0) is 17.9 Å². The third kappa shape index (κ3) is 5.84. The highest BCUT2D eigenvalue weighted by Gasteiger charge is 2.28. The van der Waals surface area contributed by atoms with Gasteiger partial charge in [-0.3, -0.25) is 4.79 Å². The van der Waals surface area contributed by atoms with Crippen LogP contribution in [0.3, 0.4) is 0 Å². The Morgan fingerprint density at radius 1 is 1.03 bits per heavy atom. The van der Waals surface area contributed by atoms with Crippen molar-refractivity contribution in [3.05, 3.63) is 29.6 Å². The average molecular weight is 467 g/mol. The lowest BCUT2D eigenvalue weighted by Crippen LogP contribution is -2.41. The molecule has 188 valence electrons. The first-order valence-corrected chi connectivity index (χ1v) is 13.9. The molecule has 1 aromatic heterocycles. The van der Waals surface area contributed by atoms with E-state index in [0.717, 1.165) is 31.1 Å². The summed E-state index contributed by atoms with van der Waals surface area (Å²) in [7, 11) is 4.23. The molecule has 0 bridgehead atoms. The minimum Gasteiger partial charge on any atom is -0.340 e. The maximum atomic E-state index is 13.4. The van der Waals surface area contributed by atoms with Gasteiger partial charge in [-0.25, -0.2) is 4.98 Å². The molecular formula is C29H46N4O. The van der Waals surface area contributed by atoms with Gasteiger partial charge >= 0.3 is 0 Å². The topological polar surface area (TPSA) is 41.4 Å². The lowest BCUT2D eigenvalue weighted by atomic mass is 9.80. The van der Waals surface area contributed by atoms with Gasteiger partial charge in [0.1, 0.15) is 5.82 Å². The molecule has 0 radical (unpaired) electrons. The van der Waals surface area contributed by atoms with Crippen LogP contribution in [0.25, 0.3) is 11.0 Å². The highest BCUT2D eigenvalue weighted by molar-refractivity contribution is 5.79. The summed E-state index contributed by atoms with van der Waals surface area (Å²) in [5.41, 5.74) is 3.60. The number of carbonyl (C=O) groups is 1. The van der Waals surface area contributed by atoms with E-state index >= 15 is 0 Å². The van der Waals surface area contributed by atoms with Gasteiger partial charge in [0.2, 0.25) is 5.91 Å². The molecule has 2 aliphatic carbocycles. The first-order chi connectivity index (χ1) is 16.5. The molecule has 2 aromatic rings. The highest BCUT2D eigenvalue weighted by Crippen LogP contribution is 2.38. The summed E-state index contributed by atoms with van der Waals surface area (Å²) >= 11 is 0. The van der Waals surface area contributed by atoms with Gasteiger partial charge in [-0.15, -0.1) is 0 Å². The molecule has 0 aliphatic heterocycles. The van der Waals surface area contributed by atoms with Crippen molar-refractivity contribution in [1.82, 2.24) is 19.4 Å². The van der Waals surface area contributed by atoms with Crippen molar-refractivity contribution < 1.29 is 4.79 Å². The molecule has 5 nitrogen and oxygen atoms in total. The van der Waals surface area contributed by atoms with E-state index in [2.05, 4.69) is 60.5 Å². The molecule has 2 aliphatic rings. The number of rotatable bonds is 9. The molecule has 1 heterocycles. The van der Waals surface area contributed by atoms with Crippen LogP contribution in [0.1, 0.15) is 102 Å². The zero-order valence-corrected chi connectivity index (χ0v) is 22.1. The zero-order valence-electron chi connectivity index (χ0n) is 22.1. The second-order valence-electron chi connectivity index (χ2n) is 11.0. The third-order valence-corrected chi connectivity index (χ3v) is 8.36. The minimum atomic E-state index is 0.321. The van der Waals surface area contributed by atoms with Gasteiger partial charge in [0, 0.05) is 38.0 Å². The number of hydrogen-bond acceptors (Lipinski definition) is 3. The van der Waals surface area contributed by atoms with E-state index in [0.29, 0.717) is 24.3 Å². The van der Waals surface area contributed by atoms with E-state index in [1.54, 1.807) is 0 Å². The number of nitrogens with zero attached hydrogens (tertiary/aromatic N) is 4. The maximum absolute atomic E-state index is 13.4. The molecule has 1 aromatic carbocycles. The SMILES string of the molecule is CCC1CCC(c2nc3ccc(CN(C)C)cc3n2CCC(=O)N(CC)C2CCCCC2)CC1. The van der Waals surface area contributed by atoms with Gasteiger partial charge in [-0.05, 0) is 83.2 Å². The summed E-state index contributed by atoms with van der Waals surface area (Å²) in [5.74, 6) is 2.93. The first kappa shape index (κ1) is 25.2. The molecule has 0 unspecified atom stereocenters. The number of amides is 1. The highest BCUT2D eigenvalue weighted by atomic mass is 16.2. The Hall–Kier alpha value is -1.88. The van der Waals surface area contributed by atoms with E-state index in [1.807, 2.05) is 0 Å². The van der Waals surface area contributed by atoms with Crippen molar-refractivity contribution in [3.8, 4) is 0 Å². The Labute approximate surface area is 206 Å². The number of benzene rings is 1. The fourth-order valence-corrected chi connectivity index (χ4v) is 6.41. The van der Waals surface area contributed by atoms with Crippen LogP contribution in [0.4, 0.5) is 0 Å².